The van der Waals surface area contributed by atoms with Crippen molar-refractivity contribution in [3.8, 4) is 35.4 Å². The summed E-state index contributed by atoms with van der Waals surface area (Å²) in [5, 5.41) is 15.3. The van der Waals surface area contributed by atoms with Crippen LogP contribution in [0.3, 0.4) is 0 Å². The topological polar surface area (TPSA) is 86.6 Å². The average Bonchev–Trinajstić information content (AvgIpc) is 3.61. The predicted molar refractivity (Wildman–Crippen MR) is 163 cm³/mol. The first kappa shape index (κ1) is 27.7. The highest BCUT2D eigenvalue weighted by Crippen LogP contribution is 2.41. The second kappa shape index (κ2) is 10.9. The van der Waals surface area contributed by atoms with Gasteiger partial charge in [-0.15, -0.1) is 6.42 Å². The molecule has 7 rings (SSSR count). The van der Waals surface area contributed by atoms with Crippen molar-refractivity contribution in [2.24, 2.45) is 0 Å². The molecule has 2 aromatic carbocycles. The average molecular weight is 585 g/mol. The molecule has 10 heteroatoms. The number of pyridine rings is 1. The van der Waals surface area contributed by atoms with Crippen molar-refractivity contribution in [1.29, 1.82) is 0 Å². The maximum absolute atomic E-state index is 16.9. The molecule has 2 N–H and O–H groups in total. The molecule has 0 aliphatic carbocycles. The van der Waals surface area contributed by atoms with Gasteiger partial charge < -0.3 is 20.1 Å². The number of nitrogens with one attached hydrogen (secondary N) is 1. The molecule has 0 spiro atoms. The number of piperazine rings is 1. The number of benzene rings is 2. The van der Waals surface area contributed by atoms with Crippen LogP contribution in [0.1, 0.15) is 43.9 Å². The van der Waals surface area contributed by atoms with Crippen LogP contribution in [0, 0.1) is 24.0 Å². The number of aromatic hydroxyl groups is 1. The number of ether oxygens (including phenoxy) is 1. The molecule has 3 aliphatic heterocycles. The predicted octanol–water partition coefficient (Wildman–Crippen LogP) is 4.79. The molecule has 2 aromatic heterocycles. The van der Waals surface area contributed by atoms with Crippen LogP contribution < -0.4 is 15.0 Å². The summed E-state index contributed by atoms with van der Waals surface area (Å²) in [6, 6.07) is 5.74. The third-order valence-corrected chi connectivity index (χ3v) is 9.30. The van der Waals surface area contributed by atoms with E-state index >= 15 is 4.39 Å². The van der Waals surface area contributed by atoms with E-state index < -0.39 is 11.6 Å². The first-order valence-corrected chi connectivity index (χ1v) is 15.1. The first-order valence-electron chi connectivity index (χ1n) is 15.1. The number of anilines is 1. The number of aryl methyl sites for hydroxylation is 1. The number of fused-ring (bicyclic) bond motifs is 3. The lowest BCUT2D eigenvalue weighted by Crippen LogP contribution is -2.44. The number of hydrogen-bond donors (Lipinski definition) is 2. The van der Waals surface area contributed by atoms with Crippen molar-refractivity contribution < 1.29 is 18.6 Å². The quantitative estimate of drug-likeness (QED) is 0.313. The highest BCUT2D eigenvalue weighted by molar-refractivity contribution is 6.03. The molecule has 0 bridgehead atoms. The molecule has 3 aliphatic rings. The number of aromatic nitrogens is 3. The zero-order valence-corrected chi connectivity index (χ0v) is 24.2. The smallest absolute Gasteiger partial charge is 0.319 e. The van der Waals surface area contributed by atoms with Crippen molar-refractivity contribution in [3.05, 3.63) is 47.2 Å². The van der Waals surface area contributed by atoms with Gasteiger partial charge in [0.2, 0.25) is 0 Å². The zero-order valence-electron chi connectivity index (χ0n) is 24.2. The number of halogens is 2. The molecule has 4 aromatic rings. The minimum absolute atomic E-state index is 0.0167. The maximum Gasteiger partial charge on any atom is 0.319 e. The van der Waals surface area contributed by atoms with E-state index in [1.54, 1.807) is 0 Å². The Kier molecular flexibility index (Phi) is 7.02. The van der Waals surface area contributed by atoms with E-state index in [0.717, 1.165) is 51.9 Å². The van der Waals surface area contributed by atoms with Gasteiger partial charge in [0.1, 0.15) is 35.2 Å². The highest BCUT2D eigenvalue weighted by Gasteiger charge is 2.45. The van der Waals surface area contributed by atoms with Gasteiger partial charge in [-0.3, -0.25) is 4.90 Å². The first-order chi connectivity index (χ1) is 20.9. The van der Waals surface area contributed by atoms with Gasteiger partial charge in [0, 0.05) is 37.1 Å². The van der Waals surface area contributed by atoms with Gasteiger partial charge >= 0.3 is 6.01 Å². The summed E-state index contributed by atoms with van der Waals surface area (Å²) in [5.74, 6) is 1.59. The molecule has 0 unspecified atom stereocenters. The Bertz CT molecular complexity index is 1770. The van der Waals surface area contributed by atoms with E-state index in [1.807, 2.05) is 6.92 Å². The van der Waals surface area contributed by atoms with Crippen LogP contribution in [-0.2, 0) is 6.42 Å². The molecule has 8 nitrogen and oxygen atoms in total. The maximum atomic E-state index is 16.9. The molecule has 0 radical (unpaired) electrons. The van der Waals surface area contributed by atoms with Gasteiger partial charge in [-0.2, -0.15) is 9.97 Å². The molecule has 5 heterocycles. The molecule has 222 valence electrons. The number of nitrogens with zero attached hydrogens (tertiary/aromatic N) is 5. The summed E-state index contributed by atoms with van der Waals surface area (Å²) in [6.45, 7) is 7.44. The molecule has 0 atom stereocenters. The van der Waals surface area contributed by atoms with Crippen LogP contribution in [0.15, 0.2) is 24.3 Å². The summed E-state index contributed by atoms with van der Waals surface area (Å²) in [4.78, 5) is 18.9. The lowest BCUT2D eigenvalue weighted by atomic mass is 9.95. The summed E-state index contributed by atoms with van der Waals surface area (Å²) in [6.07, 6.45) is 10.6. The zero-order chi connectivity index (χ0) is 29.7. The van der Waals surface area contributed by atoms with Crippen molar-refractivity contribution in [2.75, 3.05) is 50.8 Å². The Morgan fingerprint density at radius 1 is 1.05 bits per heavy atom. The largest absolute Gasteiger partial charge is 0.508 e. The van der Waals surface area contributed by atoms with E-state index in [-0.39, 0.29) is 39.6 Å². The Morgan fingerprint density at radius 2 is 1.81 bits per heavy atom. The van der Waals surface area contributed by atoms with Gasteiger partial charge in [-0.1, -0.05) is 18.9 Å². The summed E-state index contributed by atoms with van der Waals surface area (Å²) in [7, 11) is 0. The SMILES string of the molecule is C#Cc1c(F)ccc2cc(O)cc(-c3nc(CC)c4c(N5CCNCC5)nc(OCC56CCCN5CCC6)nc4c3F)c12. The van der Waals surface area contributed by atoms with Crippen LogP contribution >= 0.6 is 0 Å². The van der Waals surface area contributed by atoms with Crippen LogP contribution in [0.4, 0.5) is 14.6 Å². The second-order valence-electron chi connectivity index (χ2n) is 11.7. The molecule has 0 saturated carbocycles. The van der Waals surface area contributed by atoms with E-state index in [9.17, 15) is 9.50 Å². The van der Waals surface area contributed by atoms with E-state index in [4.69, 9.17) is 21.1 Å². The van der Waals surface area contributed by atoms with Gasteiger partial charge in [0.25, 0.3) is 0 Å². The van der Waals surface area contributed by atoms with Crippen molar-refractivity contribution in [1.82, 2.24) is 25.2 Å². The number of rotatable bonds is 6. The van der Waals surface area contributed by atoms with Crippen LogP contribution in [0.2, 0.25) is 0 Å². The Balaban J connectivity index is 1.44. The lowest BCUT2D eigenvalue weighted by Gasteiger charge is -2.32. The van der Waals surface area contributed by atoms with Gasteiger partial charge in [0.15, 0.2) is 5.82 Å². The normalized spacial score (nSPS) is 18.3. The van der Waals surface area contributed by atoms with Crippen molar-refractivity contribution >= 4 is 27.5 Å². The fourth-order valence-electron chi connectivity index (χ4n) is 7.22. The number of phenolic OH excluding ortho intramolecular Hbond substituents is 1. The molecular formula is C33H34F2N6O2. The minimum Gasteiger partial charge on any atom is -0.508 e. The number of phenols is 1. The standard InChI is InChI=1S/C33H34F2N6O2/c1-3-22-24(34)8-7-20-17-21(42)18-23(26(20)22)29-28(35)30-27(25(4-2)37-29)31(40-15-11-36-12-16-40)39-32(38-30)43-19-33-9-5-13-41(33)14-6-10-33/h1,7-8,17-18,36,42H,4-6,9-16,19H2,2H3. The minimum atomic E-state index is -0.698. The fourth-order valence-corrected chi connectivity index (χ4v) is 7.22. The van der Waals surface area contributed by atoms with Crippen LogP contribution in [-0.4, -0.2) is 76.4 Å². The summed E-state index contributed by atoms with van der Waals surface area (Å²) >= 11 is 0. The molecule has 3 fully saturated rings. The van der Waals surface area contributed by atoms with Crippen LogP contribution in [0.25, 0.3) is 32.9 Å². The van der Waals surface area contributed by atoms with Crippen molar-refractivity contribution in [3.63, 3.8) is 0 Å². The van der Waals surface area contributed by atoms with Gasteiger partial charge in [-0.05, 0) is 68.8 Å². The third-order valence-electron chi connectivity index (χ3n) is 9.30. The summed E-state index contributed by atoms with van der Waals surface area (Å²) in [5.41, 5.74) is 0.783. The van der Waals surface area contributed by atoms with Gasteiger partial charge in [-0.25, -0.2) is 13.8 Å². The van der Waals surface area contributed by atoms with E-state index in [1.165, 1.54) is 24.3 Å². The second-order valence-corrected chi connectivity index (χ2v) is 11.7. The van der Waals surface area contributed by atoms with E-state index in [0.29, 0.717) is 53.8 Å². The highest BCUT2D eigenvalue weighted by atomic mass is 19.1. The third kappa shape index (κ3) is 4.62. The fraction of sp³-hybridized carbons (Fsp3) is 0.424. The molecular weight excluding hydrogens is 550 g/mol. The van der Waals surface area contributed by atoms with Crippen LogP contribution in [0.5, 0.6) is 11.8 Å². The molecule has 43 heavy (non-hydrogen) atoms. The number of hydrogen-bond acceptors (Lipinski definition) is 8. The summed E-state index contributed by atoms with van der Waals surface area (Å²) < 4.78 is 38.1. The Hall–Kier alpha value is -4.07. The van der Waals surface area contributed by atoms with Crippen molar-refractivity contribution in [2.45, 2.75) is 44.6 Å². The van der Waals surface area contributed by atoms with E-state index in [2.05, 4.69) is 26.0 Å². The number of terminal acetylenes is 1. The monoisotopic (exact) mass is 584 g/mol. The lowest BCUT2D eigenvalue weighted by molar-refractivity contribution is 0.108. The molecule has 0 amide bonds. The molecule has 3 saturated heterocycles. The Labute approximate surface area is 249 Å². The van der Waals surface area contributed by atoms with Gasteiger partial charge in [0.05, 0.1) is 22.2 Å². The Morgan fingerprint density at radius 3 is 2.53 bits per heavy atom.